The predicted molar refractivity (Wildman–Crippen MR) is 88.9 cm³/mol. The molecule has 0 aliphatic heterocycles. The monoisotopic (exact) mass is 341 g/mol. The maximum atomic E-state index is 9.36. The molecule has 3 nitrogen and oxygen atoms in total. The molecule has 1 aliphatic rings. The van der Waals surface area contributed by atoms with Crippen LogP contribution in [0, 0.1) is 11.3 Å². The van der Waals surface area contributed by atoms with E-state index in [1.165, 1.54) is 12.8 Å². The first-order valence-electron chi connectivity index (χ1n) is 6.98. The molecular weight excluding hydrogens is 326 g/mol. The van der Waals surface area contributed by atoms with E-state index in [9.17, 15) is 5.26 Å². The van der Waals surface area contributed by atoms with Gasteiger partial charge >= 0.3 is 0 Å². The van der Waals surface area contributed by atoms with Gasteiger partial charge in [0.2, 0.25) is 0 Å². The van der Waals surface area contributed by atoms with Crippen LogP contribution in [-0.2, 0) is 6.54 Å². The number of para-hydroxylation sites is 1. The molecule has 0 bridgehead atoms. The molecule has 0 aromatic heterocycles. The molecule has 0 heterocycles. The molecule has 0 amide bonds. The van der Waals surface area contributed by atoms with Crippen molar-refractivity contribution in [3.05, 3.63) is 58.1 Å². The van der Waals surface area contributed by atoms with Crippen LogP contribution in [0.15, 0.2) is 46.9 Å². The number of hydrogen-bond acceptors (Lipinski definition) is 3. The number of nitrogens with zero attached hydrogens (tertiary/aromatic N) is 2. The summed E-state index contributed by atoms with van der Waals surface area (Å²) in [5.74, 6) is 0. The molecule has 2 aromatic rings. The van der Waals surface area contributed by atoms with E-state index in [4.69, 9.17) is 5.73 Å². The molecule has 1 aliphatic carbocycles. The van der Waals surface area contributed by atoms with Crippen molar-refractivity contribution >= 4 is 27.3 Å². The van der Waals surface area contributed by atoms with Crippen LogP contribution in [0.2, 0.25) is 0 Å². The Morgan fingerprint density at radius 2 is 2.00 bits per heavy atom. The van der Waals surface area contributed by atoms with Gasteiger partial charge < -0.3 is 10.6 Å². The molecule has 2 N–H and O–H groups in total. The zero-order valence-electron chi connectivity index (χ0n) is 11.6. The molecular formula is C17H16BrN3. The molecule has 0 atom stereocenters. The van der Waals surface area contributed by atoms with Crippen LogP contribution >= 0.6 is 15.9 Å². The number of rotatable bonds is 4. The molecule has 2 aromatic carbocycles. The Morgan fingerprint density at radius 1 is 1.24 bits per heavy atom. The van der Waals surface area contributed by atoms with Crippen LogP contribution in [0.25, 0.3) is 0 Å². The van der Waals surface area contributed by atoms with Crippen molar-refractivity contribution in [1.29, 1.82) is 5.26 Å². The van der Waals surface area contributed by atoms with E-state index in [0.29, 0.717) is 11.6 Å². The SMILES string of the molecule is N#Cc1ccc(Br)cc1N(Cc1ccccc1N)C1CC1. The number of nitrogen functional groups attached to an aromatic ring is 1. The van der Waals surface area contributed by atoms with Gasteiger partial charge in [-0.15, -0.1) is 0 Å². The molecule has 0 spiro atoms. The summed E-state index contributed by atoms with van der Waals surface area (Å²) in [7, 11) is 0. The number of nitriles is 1. The summed E-state index contributed by atoms with van der Waals surface area (Å²) in [6.07, 6.45) is 2.34. The second-order valence-electron chi connectivity index (χ2n) is 5.33. The Bertz CT molecular complexity index is 701. The average Bonchev–Trinajstić information content (AvgIpc) is 3.31. The highest BCUT2D eigenvalue weighted by Gasteiger charge is 2.31. The van der Waals surface area contributed by atoms with Crippen molar-refractivity contribution in [2.24, 2.45) is 0 Å². The van der Waals surface area contributed by atoms with Crippen molar-refractivity contribution in [2.75, 3.05) is 10.6 Å². The Labute approximate surface area is 133 Å². The maximum Gasteiger partial charge on any atom is 0.101 e. The van der Waals surface area contributed by atoms with Crippen LogP contribution in [0.4, 0.5) is 11.4 Å². The van der Waals surface area contributed by atoms with Gasteiger partial charge in [-0.05, 0) is 42.7 Å². The summed E-state index contributed by atoms with van der Waals surface area (Å²) in [6, 6.07) is 16.5. The highest BCUT2D eigenvalue weighted by Crippen LogP contribution is 2.36. The molecule has 0 radical (unpaired) electrons. The molecule has 0 unspecified atom stereocenters. The smallest absolute Gasteiger partial charge is 0.101 e. The first kappa shape index (κ1) is 14.0. The van der Waals surface area contributed by atoms with Gasteiger partial charge in [0.25, 0.3) is 0 Å². The summed E-state index contributed by atoms with van der Waals surface area (Å²) in [4.78, 5) is 2.30. The summed E-state index contributed by atoms with van der Waals surface area (Å²) >= 11 is 3.50. The minimum absolute atomic E-state index is 0.506. The van der Waals surface area contributed by atoms with Gasteiger partial charge in [-0.3, -0.25) is 0 Å². The van der Waals surface area contributed by atoms with Crippen molar-refractivity contribution in [2.45, 2.75) is 25.4 Å². The Hall–Kier alpha value is -1.99. The van der Waals surface area contributed by atoms with Gasteiger partial charge in [0, 0.05) is 22.7 Å². The van der Waals surface area contributed by atoms with E-state index in [2.05, 4.69) is 33.0 Å². The standard InChI is InChI=1S/C17H16BrN3/c18-14-6-5-12(10-19)17(9-14)21(15-7-8-15)11-13-3-1-2-4-16(13)20/h1-6,9,15H,7-8,11,20H2. The van der Waals surface area contributed by atoms with Gasteiger partial charge in [0.1, 0.15) is 6.07 Å². The van der Waals surface area contributed by atoms with E-state index < -0.39 is 0 Å². The summed E-state index contributed by atoms with van der Waals surface area (Å²) < 4.78 is 0.989. The fraction of sp³-hybridized carbons (Fsp3) is 0.235. The predicted octanol–water partition coefficient (Wildman–Crippen LogP) is 4.07. The number of halogens is 1. The van der Waals surface area contributed by atoms with Crippen LogP contribution in [0.5, 0.6) is 0 Å². The zero-order chi connectivity index (χ0) is 14.8. The third kappa shape index (κ3) is 3.03. The molecule has 106 valence electrons. The molecule has 0 saturated heterocycles. The van der Waals surface area contributed by atoms with Gasteiger partial charge in [-0.25, -0.2) is 0 Å². The van der Waals surface area contributed by atoms with E-state index in [1.807, 2.05) is 36.4 Å². The second kappa shape index (κ2) is 5.79. The zero-order valence-corrected chi connectivity index (χ0v) is 13.2. The third-order valence-corrected chi connectivity index (χ3v) is 4.27. The van der Waals surface area contributed by atoms with Crippen LogP contribution in [0.1, 0.15) is 24.0 Å². The third-order valence-electron chi connectivity index (χ3n) is 3.77. The van der Waals surface area contributed by atoms with Crippen LogP contribution in [-0.4, -0.2) is 6.04 Å². The second-order valence-corrected chi connectivity index (χ2v) is 6.25. The number of hydrogen-bond donors (Lipinski definition) is 1. The van der Waals surface area contributed by atoms with Crippen LogP contribution in [0.3, 0.4) is 0 Å². The molecule has 21 heavy (non-hydrogen) atoms. The lowest BCUT2D eigenvalue weighted by atomic mass is 10.1. The maximum absolute atomic E-state index is 9.36. The first-order chi connectivity index (χ1) is 10.2. The Kier molecular flexibility index (Phi) is 3.85. The van der Waals surface area contributed by atoms with E-state index in [0.717, 1.165) is 28.0 Å². The fourth-order valence-corrected chi connectivity index (χ4v) is 2.84. The lowest BCUT2D eigenvalue weighted by Crippen LogP contribution is -2.26. The van der Waals surface area contributed by atoms with Crippen molar-refractivity contribution in [3.63, 3.8) is 0 Å². The average molecular weight is 342 g/mol. The van der Waals surface area contributed by atoms with E-state index in [1.54, 1.807) is 0 Å². The summed E-state index contributed by atoms with van der Waals surface area (Å²) in [6.45, 7) is 0.739. The molecule has 1 saturated carbocycles. The Balaban J connectivity index is 1.98. The Morgan fingerprint density at radius 3 is 2.67 bits per heavy atom. The number of nitrogens with two attached hydrogens (primary N) is 1. The highest BCUT2D eigenvalue weighted by molar-refractivity contribution is 9.10. The van der Waals surface area contributed by atoms with Gasteiger partial charge in [0.05, 0.1) is 11.3 Å². The molecule has 1 fully saturated rings. The van der Waals surface area contributed by atoms with Gasteiger partial charge in [-0.1, -0.05) is 34.1 Å². The molecule has 4 heteroatoms. The largest absolute Gasteiger partial charge is 0.398 e. The molecule has 3 rings (SSSR count). The van der Waals surface area contributed by atoms with E-state index >= 15 is 0 Å². The highest BCUT2D eigenvalue weighted by atomic mass is 79.9. The lowest BCUT2D eigenvalue weighted by Gasteiger charge is -2.26. The quantitative estimate of drug-likeness (QED) is 0.852. The first-order valence-corrected chi connectivity index (χ1v) is 7.78. The lowest BCUT2D eigenvalue weighted by molar-refractivity contribution is 0.794. The number of anilines is 2. The van der Waals surface area contributed by atoms with Crippen molar-refractivity contribution in [1.82, 2.24) is 0 Å². The van der Waals surface area contributed by atoms with Gasteiger partial charge in [0.15, 0.2) is 0 Å². The summed E-state index contributed by atoms with van der Waals surface area (Å²) in [5, 5.41) is 9.36. The minimum atomic E-state index is 0.506. The van der Waals surface area contributed by atoms with Gasteiger partial charge in [-0.2, -0.15) is 5.26 Å². The van der Waals surface area contributed by atoms with Crippen molar-refractivity contribution < 1.29 is 0 Å². The number of benzene rings is 2. The minimum Gasteiger partial charge on any atom is -0.398 e. The fourth-order valence-electron chi connectivity index (χ4n) is 2.50. The topological polar surface area (TPSA) is 53.0 Å². The van der Waals surface area contributed by atoms with Crippen molar-refractivity contribution in [3.8, 4) is 6.07 Å². The van der Waals surface area contributed by atoms with E-state index in [-0.39, 0.29) is 0 Å². The summed E-state index contributed by atoms with van der Waals surface area (Å²) in [5.41, 5.74) is 9.67. The van der Waals surface area contributed by atoms with Crippen LogP contribution < -0.4 is 10.6 Å². The normalized spacial score (nSPS) is 13.7.